The highest BCUT2D eigenvalue weighted by Gasteiger charge is 2.39. The SMILES string of the molecule is COc1cc2[nH]nc(-c3cnc(N4C[C@H](CS(C)(=O)=O)[C@H]4C)c(C#N)c3)c2cc1O[C@@H](C)c1c(Cl)cncc1Cl. The van der Waals surface area contributed by atoms with Gasteiger partial charge in [-0.05, 0) is 26.0 Å². The molecule has 0 saturated carbocycles. The molecule has 1 N–H and O–H groups in total. The lowest BCUT2D eigenvalue weighted by Crippen LogP contribution is -2.57. The van der Waals surface area contributed by atoms with Gasteiger partial charge >= 0.3 is 0 Å². The van der Waals surface area contributed by atoms with E-state index in [1.165, 1.54) is 18.6 Å². The van der Waals surface area contributed by atoms with E-state index in [2.05, 4.69) is 26.2 Å². The number of rotatable bonds is 8. The van der Waals surface area contributed by atoms with Crippen LogP contribution in [-0.4, -0.2) is 60.3 Å². The molecule has 40 heavy (non-hydrogen) atoms. The van der Waals surface area contributed by atoms with E-state index in [1.807, 2.05) is 18.7 Å². The number of aromatic nitrogens is 4. The van der Waals surface area contributed by atoms with E-state index in [1.54, 1.807) is 31.5 Å². The first kappa shape index (κ1) is 28.0. The Morgan fingerprint density at radius 1 is 1.20 bits per heavy atom. The molecule has 1 aromatic carbocycles. The highest BCUT2D eigenvalue weighted by Crippen LogP contribution is 2.41. The number of methoxy groups -OCH3 is 1. The predicted molar refractivity (Wildman–Crippen MR) is 154 cm³/mol. The minimum atomic E-state index is -3.09. The van der Waals surface area contributed by atoms with Crippen molar-refractivity contribution in [1.82, 2.24) is 20.2 Å². The topological polar surface area (TPSA) is 134 Å². The molecule has 1 aliphatic rings. The molecule has 13 heteroatoms. The fourth-order valence-corrected chi connectivity index (χ4v) is 6.84. The number of nitriles is 1. The summed E-state index contributed by atoms with van der Waals surface area (Å²) in [6.45, 7) is 4.29. The highest BCUT2D eigenvalue weighted by molar-refractivity contribution is 7.90. The lowest BCUT2D eigenvalue weighted by molar-refractivity contribution is 0.216. The van der Waals surface area contributed by atoms with Crippen molar-refractivity contribution in [3.63, 3.8) is 0 Å². The molecule has 5 rings (SSSR count). The Kier molecular flexibility index (Phi) is 7.52. The van der Waals surface area contributed by atoms with Crippen LogP contribution in [0.5, 0.6) is 11.5 Å². The average Bonchev–Trinajstić information content (AvgIpc) is 3.32. The summed E-state index contributed by atoms with van der Waals surface area (Å²) in [6.07, 6.45) is 5.40. The molecular formula is C27H26Cl2N6O4S. The van der Waals surface area contributed by atoms with Crippen LogP contribution in [0.15, 0.2) is 36.8 Å². The molecule has 0 unspecified atom stereocenters. The number of H-pyrrole nitrogens is 1. The maximum atomic E-state index is 11.7. The number of nitrogens with zero attached hydrogens (tertiary/aromatic N) is 5. The molecule has 1 fully saturated rings. The summed E-state index contributed by atoms with van der Waals surface area (Å²) in [5, 5.41) is 18.9. The lowest BCUT2D eigenvalue weighted by Gasteiger charge is -2.47. The number of nitrogens with one attached hydrogen (secondary N) is 1. The van der Waals surface area contributed by atoms with Gasteiger partial charge in [0.1, 0.15) is 33.5 Å². The zero-order valence-corrected chi connectivity index (χ0v) is 24.5. The van der Waals surface area contributed by atoms with Crippen molar-refractivity contribution in [3.8, 4) is 28.8 Å². The molecule has 0 spiro atoms. The molecule has 1 saturated heterocycles. The Hall–Kier alpha value is -3.59. The van der Waals surface area contributed by atoms with Gasteiger partial charge in [0.25, 0.3) is 0 Å². The summed E-state index contributed by atoms with van der Waals surface area (Å²) in [6, 6.07) is 7.49. The Morgan fingerprint density at radius 2 is 1.93 bits per heavy atom. The molecule has 0 radical (unpaired) electrons. The van der Waals surface area contributed by atoms with Gasteiger partial charge in [-0.2, -0.15) is 10.4 Å². The van der Waals surface area contributed by atoms with Crippen LogP contribution in [0.4, 0.5) is 5.82 Å². The minimum Gasteiger partial charge on any atom is -0.493 e. The quantitative estimate of drug-likeness (QED) is 0.289. The number of hydrogen-bond acceptors (Lipinski definition) is 9. The number of fused-ring (bicyclic) bond motifs is 1. The van der Waals surface area contributed by atoms with Gasteiger partial charge in [-0.3, -0.25) is 10.1 Å². The van der Waals surface area contributed by atoms with Crippen molar-refractivity contribution in [3.05, 3.63) is 58.0 Å². The van der Waals surface area contributed by atoms with E-state index in [0.717, 1.165) is 5.39 Å². The van der Waals surface area contributed by atoms with Gasteiger partial charge in [0, 0.05) is 65.9 Å². The number of aromatic amines is 1. The molecule has 208 valence electrons. The van der Waals surface area contributed by atoms with E-state index in [4.69, 9.17) is 32.7 Å². The number of hydrogen-bond donors (Lipinski definition) is 1. The number of pyridine rings is 2. The van der Waals surface area contributed by atoms with Crippen LogP contribution in [0.2, 0.25) is 10.0 Å². The molecule has 3 atom stereocenters. The van der Waals surface area contributed by atoms with E-state index in [9.17, 15) is 13.7 Å². The monoisotopic (exact) mass is 600 g/mol. The van der Waals surface area contributed by atoms with Crippen LogP contribution in [-0.2, 0) is 9.84 Å². The van der Waals surface area contributed by atoms with E-state index >= 15 is 0 Å². The summed E-state index contributed by atoms with van der Waals surface area (Å²) in [7, 11) is -1.55. The van der Waals surface area contributed by atoms with Gasteiger partial charge in [0.2, 0.25) is 0 Å². The Morgan fingerprint density at radius 3 is 2.55 bits per heavy atom. The molecule has 4 heterocycles. The Bertz CT molecular complexity index is 1730. The van der Waals surface area contributed by atoms with Crippen molar-refractivity contribution in [2.24, 2.45) is 5.92 Å². The van der Waals surface area contributed by atoms with Gasteiger partial charge < -0.3 is 14.4 Å². The first-order chi connectivity index (χ1) is 19.0. The fourth-order valence-electron chi connectivity index (χ4n) is 5.00. The van der Waals surface area contributed by atoms with Crippen LogP contribution in [0.1, 0.15) is 31.1 Å². The van der Waals surface area contributed by atoms with E-state index in [0.29, 0.717) is 61.8 Å². The molecule has 10 nitrogen and oxygen atoms in total. The smallest absolute Gasteiger partial charge is 0.162 e. The van der Waals surface area contributed by atoms with Crippen LogP contribution >= 0.6 is 23.2 Å². The third-order valence-corrected chi connectivity index (χ3v) is 8.74. The Balaban J connectivity index is 1.47. The maximum Gasteiger partial charge on any atom is 0.162 e. The number of sulfone groups is 1. The van der Waals surface area contributed by atoms with Crippen molar-refractivity contribution in [1.29, 1.82) is 5.26 Å². The minimum absolute atomic E-state index is 0.00833. The summed E-state index contributed by atoms with van der Waals surface area (Å²) in [4.78, 5) is 10.5. The molecule has 0 amide bonds. The van der Waals surface area contributed by atoms with Crippen LogP contribution in [0.25, 0.3) is 22.2 Å². The van der Waals surface area contributed by atoms with Crippen LogP contribution in [0, 0.1) is 17.2 Å². The third kappa shape index (κ3) is 5.27. The highest BCUT2D eigenvalue weighted by atomic mass is 35.5. The summed E-state index contributed by atoms with van der Waals surface area (Å²) >= 11 is 12.7. The van der Waals surface area contributed by atoms with Crippen molar-refractivity contribution in [2.45, 2.75) is 26.0 Å². The van der Waals surface area contributed by atoms with Gasteiger partial charge in [-0.25, -0.2) is 13.4 Å². The standard InChI is InChI=1S/C27H26Cl2N6O4S/c1-14-18(13-40(4,36)37)12-35(14)27-16(8-30)5-17(9-32-27)26-19-6-24(23(38-3)7-22(19)33-34-26)39-15(2)25-20(28)10-31-11-21(25)29/h5-7,9-11,14-15,18H,12-13H2,1-4H3,(H,33,34)/t14-,15+,18-/m1/s1. The number of benzene rings is 1. The van der Waals surface area contributed by atoms with Gasteiger partial charge in [-0.15, -0.1) is 0 Å². The lowest BCUT2D eigenvalue weighted by atomic mass is 9.91. The van der Waals surface area contributed by atoms with Crippen LogP contribution < -0.4 is 14.4 Å². The van der Waals surface area contributed by atoms with Crippen molar-refractivity contribution >= 4 is 49.8 Å². The number of ether oxygens (including phenoxy) is 2. The zero-order valence-electron chi connectivity index (χ0n) is 22.1. The number of halogens is 2. The summed E-state index contributed by atoms with van der Waals surface area (Å²) < 4.78 is 35.3. The third-order valence-electron chi connectivity index (χ3n) is 7.10. The van der Waals surface area contributed by atoms with Gasteiger partial charge in [-0.1, -0.05) is 23.2 Å². The van der Waals surface area contributed by atoms with Crippen molar-refractivity contribution in [2.75, 3.05) is 30.6 Å². The second-order valence-electron chi connectivity index (χ2n) is 9.85. The zero-order chi connectivity index (χ0) is 28.8. The number of anilines is 1. The fraction of sp³-hybridized carbons (Fsp3) is 0.333. The second kappa shape index (κ2) is 10.8. The molecule has 1 aliphatic heterocycles. The predicted octanol–water partition coefficient (Wildman–Crippen LogP) is 5.22. The largest absolute Gasteiger partial charge is 0.493 e. The van der Waals surface area contributed by atoms with E-state index in [-0.39, 0.29) is 17.7 Å². The van der Waals surface area contributed by atoms with E-state index < -0.39 is 15.9 Å². The van der Waals surface area contributed by atoms with Crippen molar-refractivity contribution < 1.29 is 17.9 Å². The molecular weight excluding hydrogens is 575 g/mol. The second-order valence-corrected chi connectivity index (χ2v) is 12.8. The average molecular weight is 602 g/mol. The van der Waals surface area contributed by atoms with Gasteiger partial charge in [0.15, 0.2) is 11.5 Å². The molecule has 0 bridgehead atoms. The Labute approximate surface area is 241 Å². The summed E-state index contributed by atoms with van der Waals surface area (Å²) in [5.74, 6) is 1.55. The first-order valence-corrected chi connectivity index (χ1v) is 15.2. The van der Waals surface area contributed by atoms with Gasteiger partial charge in [0.05, 0.1) is 34.0 Å². The first-order valence-electron chi connectivity index (χ1n) is 12.4. The molecule has 0 aliphatic carbocycles. The molecule has 3 aromatic heterocycles. The normalized spacial score (nSPS) is 17.8. The maximum absolute atomic E-state index is 11.7. The van der Waals surface area contributed by atoms with Crippen LogP contribution in [0.3, 0.4) is 0 Å². The summed E-state index contributed by atoms with van der Waals surface area (Å²) in [5.41, 5.74) is 2.90. The molecule has 4 aromatic rings.